The fourth-order valence-electron chi connectivity index (χ4n) is 3.21. The molecular weight excluding hydrogens is 386 g/mol. The van der Waals surface area contributed by atoms with Gasteiger partial charge >= 0.3 is 0 Å². The summed E-state index contributed by atoms with van der Waals surface area (Å²) in [6, 6.07) is 25.7. The van der Waals surface area contributed by atoms with Gasteiger partial charge in [0.15, 0.2) is 6.10 Å². The molecule has 4 heteroatoms. The summed E-state index contributed by atoms with van der Waals surface area (Å²) in [7, 11) is 0. The van der Waals surface area contributed by atoms with Gasteiger partial charge in [-0.2, -0.15) is 0 Å². The predicted octanol–water partition coefficient (Wildman–Crippen LogP) is 6.23. The zero-order chi connectivity index (χ0) is 22.1. The standard InChI is InChI=1S/C27H31NO3/c1-20(2)23-14-16-25(17-15-23)31-21(3)27(29)28-24-12-7-13-26(19-24)30-18-8-11-22-9-5-4-6-10-22/h4-7,9-10,12-17,19-21H,8,11,18H2,1-3H3,(H,28,29). The number of hydrogen-bond acceptors (Lipinski definition) is 3. The Kier molecular flexibility index (Phi) is 8.11. The highest BCUT2D eigenvalue weighted by Gasteiger charge is 2.15. The molecule has 0 aliphatic rings. The lowest BCUT2D eigenvalue weighted by Crippen LogP contribution is -2.30. The molecule has 0 bridgehead atoms. The second-order valence-electron chi connectivity index (χ2n) is 7.94. The van der Waals surface area contributed by atoms with Crippen molar-refractivity contribution in [1.82, 2.24) is 0 Å². The second-order valence-corrected chi connectivity index (χ2v) is 7.94. The first-order valence-corrected chi connectivity index (χ1v) is 10.9. The van der Waals surface area contributed by atoms with E-state index in [-0.39, 0.29) is 5.91 Å². The van der Waals surface area contributed by atoms with Crippen molar-refractivity contribution < 1.29 is 14.3 Å². The topological polar surface area (TPSA) is 47.6 Å². The second kappa shape index (κ2) is 11.2. The van der Waals surface area contributed by atoms with Gasteiger partial charge in [-0.25, -0.2) is 0 Å². The molecule has 4 nitrogen and oxygen atoms in total. The number of ether oxygens (including phenoxy) is 2. The van der Waals surface area contributed by atoms with Crippen molar-refractivity contribution in [1.29, 1.82) is 0 Å². The first-order chi connectivity index (χ1) is 15.0. The van der Waals surface area contributed by atoms with Gasteiger partial charge in [-0.15, -0.1) is 0 Å². The van der Waals surface area contributed by atoms with E-state index in [4.69, 9.17) is 9.47 Å². The van der Waals surface area contributed by atoms with E-state index in [2.05, 4.69) is 31.3 Å². The van der Waals surface area contributed by atoms with E-state index in [0.29, 0.717) is 24.0 Å². The minimum atomic E-state index is -0.611. The van der Waals surface area contributed by atoms with E-state index < -0.39 is 6.10 Å². The molecular formula is C27H31NO3. The first-order valence-electron chi connectivity index (χ1n) is 10.9. The van der Waals surface area contributed by atoms with Crippen molar-refractivity contribution in [3.8, 4) is 11.5 Å². The van der Waals surface area contributed by atoms with Crippen molar-refractivity contribution in [3.05, 3.63) is 90.0 Å². The normalized spacial score (nSPS) is 11.7. The van der Waals surface area contributed by atoms with Crippen LogP contribution >= 0.6 is 0 Å². The zero-order valence-corrected chi connectivity index (χ0v) is 18.5. The molecule has 1 atom stereocenters. The van der Waals surface area contributed by atoms with Crippen LogP contribution in [0.15, 0.2) is 78.9 Å². The Balaban J connectivity index is 1.47. The molecule has 0 heterocycles. The third-order valence-corrected chi connectivity index (χ3v) is 5.05. The number of anilines is 1. The minimum absolute atomic E-state index is 0.200. The fraction of sp³-hybridized carbons (Fsp3) is 0.296. The lowest BCUT2D eigenvalue weighted by Gasteiger charge is -2.16. The maximum atomic E-state index is 12.5. The Bertz CT molecular complexity index is 952. The van der Waals surface area contributed by atoms with Gasteiger partial charge in [-0.05, 0) is 61.1 Å². The Morgan fingerprint density at radius 2 is 1.61 bits per heavy atom. The number of carbonyl (C=O) groups is 1. The van der Waals surface area contributed by atoms with Gasteiger partial charge in [0.25, 0.3) is 5.91 Å². The highest BCUT2D eigenvalue weighted by molar-refractivity contribution is 5.94. The SMILES string of the molecule is CC(Oc1ccc(C(C)C)cc1)C(=O)Nc1cccc(OCCCc2ccccc2)c1. The van der Waals surface area contributed by atoms with Crippen molar-refractivity contribution >= 4 is 11.6 Å². The van der Waals surface area contributed by atoms with Gasteiger partial charge in [-0.1, -0.05) is 62.4 Å². The molecule has 0 fully saturated rings. The van der Waals surface area contributed by atoms with Crippen LogP contribution in [0.5, 0.6) is 11.5 Å². The molecule has 0 spiro atoms. The van der Waals surface area contributed by atoms with Crippen molar-refractivity contribution in [3.63, 3.8) is 0 Å². The number of aryl methyl sites for hydroxylation is 1. The molecule has 3 rings (SSSR count). The Labute approximate surface area is 185 Å². The highest BCUT2D eigenvalue weighted by Crippen LogP contribution is 2.21. The van der Waals surface area contributed by atoms with E-state index in [1.54, 1.807) is 6.92 Å². The molecule has 0 aliphatic carbocycles. The summed E-state index contributed by atoms with van der Waals surface area (Å²) in [6.45, 7) is 6.66. The lowest BCUT2D eigenvalue weighted by molar-refractivity contribution is -0.122. The van der Waals surface area contributed by atoms with Crippen LogP contribution in [0.2, 0.25) is 0 Å². The van der Waals surface area contributed by atoms with Gasteiger partial charge in [0.2, 0.25) is 0 Å². The smallest absolute Gasteiger partial charge is 0.265 e. The average Bonchev–Trinajstić information content (AvgIpc) is 2.78. The number of carbonyl (C=O) groups excluding carboxylic acids is 1. The van der Waals surface area contributed by atoms with Gasteiger partial charge in [-0.3, -0.25) is 4.79 Å². The Morgan fingerprint density at radius 1 is 0.871 bits per heavy atom. The summed E-state index contributed by atoms with van der Waals surface area (Å²) >= 11 is 0. The van der Waals surface area contributed by atoms with Gasteiger partial charge in [0.05, 0.1) is 6.61 Å². The van der Waals surface area contributed by atoms with Crippen LogP contribution in [0, 0.1) is 0 Å². The van der Waals surface area contributed by atoms with Crippen molar-refractivity contribution in [2.24, 2.45) is 0 Å². The largest absolute Gasteiger partial charge is 0.494 e. The molecule has 1 N–H and O–H groups in total. The van der Waals surface area contributed by atoms with Crippen LogP contribution in [0.3, 0.4) is 0 Å². The molecule has 3 aromatic rings. The molecule has 31 heavy (non-hydrogen) atoms. The molecule has 3 aromatic carbocycles. The van der Waals surface area contributed by atoms with Gasteiger partial charge in [0, 0.05) is 11.8 Å². The van der Waals surface area contributed by atoms with Crippen LogP contribution in [0.4, 0.5) is 5.69 Å². The average molecular weight is 418 g/mol. The quantitative estimate of drug-likeness (QED) is 0.398. The number of nitrogens with one attached hydrogen (secondary N) is 1. The molecule has 0 radical (unpaired) electrons. The molecule has 0 saturated carbocycles. The molecule has 1 unspecified atom stereocenters. The summed E-state index contributed by atoms with van der Waals surface area (Å²) < 4.78 is 11.6. The maximum absolute atomic E-state index is 12.5. The lowest BCUT2D eigenvalue weighted by atomic mass is 10.0. The van der Waals surface area contributed by atoms with E-state index in [1.807, 2.05) is 66.7 Å². The van der Waals surface area contributed by atoms with Crippen LogP contribution < -0.4 is 14.8 Å². The highest BCUT2D eigenvalue weighted by atomic mass is 16.5. The molecule has 0 saturated heterocycles. The number of hydrogen-bond donors (Lipinski definition) is 1. The van der Waals surface area contributed by atoms with E-state index in [9.17, 15) is 4.79 Å². The van der Waals surface area contributed by atoms with Crippen molar-refractivity contribution in [2.75, 3.05) is 11.9 Å². The minimum Gasteiger partial charge on any atom is -0.494 e. The third-order valence-electron chi connectivity index (χ3n) is 5.05. The third kappa shape index (κ3) is 7.18. The van der Waals surface area contributed by atoms with Gasteiger partial charge in [0.1, 0.15) is 11.5 Å². The van der Waals surface area contributed by atoms with Crippen LogP contribution in [0.25, 0.3) is 0 Å². The van der Waals surface area contributed by atoms with Crippen LogP contribution in [-0.2, 0) is 11.2 Å². The van der Waals surface area contributed by atoms with E-state index in [0.717, 1.165) is 18.6 Å². The number of rotatable bonds is 10. The van der Waals surface area contributed by atoms with Gasteiger partial charge < -0.3 is 14.8 Å². The fourth-order valence-corrected chi connectivity index (χ4v) is 3.21. The summed E-state index contributed by atoms with van der Waals surface area (Å²) in [4.78, 5) is 12.5. The predicted molar refractivity (Wildman–Crippen MR) is 126 cm³/mol. The van der Waals surface area contributed by atoms with E-state index >= 15 is 0 Å². The summed E-state index contributed by atoms with van der Waals surface area (Å²) in [5.74, 6) is 1.68. The molecule has 0 aromatic heterocycles. The Hall–Kier alpha value is -3.27. The van der Waals surface area contributed by atoms with E-state index in [1.165, 1.54) is 11.1 Å². The van der Waals surface area contributed by atoms with Crippen LogP contribution in [0.1, 0.15) is 44.2 Å². The zero-order valence-electron chi connectivity index (χ0n) is 18.5. The number of benzene rings is 3. The Morgan fingerprint density at radius 3 is 2.32 bits per heavy atom. The molecule has 162 valence electrons. The summed E-state index contributed by atoms with van der Waals surface area (Å²) in [6.07, 6.45) is 1.30. The summed E-state index contributed by atoms with van der Waals surface area (Å²) in [5.41, 5.74) is 3.24. The monoisotopic (exact) mass is 417 g/mol. The summed E-state index contributed by atoms with van der Waals surface area (Å²) in [5, 5.41) is 2.90. The molecule has 0 aliphatic heterocycles. The first kappa shape index (κ1) is 22.4. The maximum Gasteiger partial charge on any atom is 0.265 e. The molecule has 1 amide bonds. The van der Waals surface area contributed by atoms with Crippen LogP contribution in [-0.4, -0.2) is 18.6 Å². The number of amides is 1. The van der Waals surface area contributed by atoms with Crippen molar-refractivity contribution in [2.45, 2.75) is 45.6 Å².